The van der Waals surface area contributed by atoms with Crippen molar-refractivity contribution in [2.45, 2.75) is 44.9 Å². The van der Waals surface area contributed by atoms with Gasteiger partial charge in [-0.3, -0.25) is 14.5 Å². The predicted octanol–water partition coefficient (Wildman–Crippen LogP) is 3.17. The minimum absolute atomic E-state index is 0.0412. The highest BCUT2D eigenvalue weighted by molar-refractivity contribution is 5.85. The molecule has 0 spiro atoms. The molecule has 0 bridgehead atoms. The summed E-state index contributed by atoms with van der Waals surface area (Å²) in [4.78, 5) is 19.6. The maximum absolute atomic E-state index is 12.4. The van der Waals surface area contributed by atoms with Crippen molar-refractivity contribution in [1.82, 2.24) is 25.1 Å². The zero-order valence-corrected chi connectivity index (χ0v) is 16.5. The number of aryl methyl sites for hydroxylation is 2. The first kappa shape index (κ1) is 20.1. The number of hydrogen-bond acceptors (Lipinski definition) is 5. The number of alkyl halides is 3. The van der Waals surface area contributed by atoms with Crippen LogP contribution in [0, 0.1) is 13.8 Å². The Morgan fingerprint density at radius 2 is 2.07 bits per heavy atom. The first-order valence-electron chi connectivity index (χ1n) is 9.41. The molecule has 158 valence electrons. The lowest BCUT2D eigenvalue weighted by Gasteiger charge is -2.14. The highest BCUT2D eigenvalue weighted by atomic mass is 19.4. The minimum Gasteiger partial charge on any atom is -0.468 e. The van der Waals surface area contributed by atoms with E-state index in [9.17, 15) is 18.0 Å². The van der Waals surface area contributed by atoms with Crippen molar-refractivity contribution in [3.63, 3.8) is 0 Å². The molecule has 0 radical (unpaired) electrons. The lowest BCUT2D eigenvalue weighted by molar-refractivity contribution is -0.154. The number of amides is 1. The van der Waals surface area contributed by atoms with E-state index in [1.165, 1.54) is 6.20 Å². The van der Waals surface area contributed by atoms with Gasteiger partial charge in [0.2, 0.25) is 12.3 Å². The number of hydrogen-bond donors (Lipinski definition) is 1. The maximum Gasteiger partial charge on any atom is 0.422 e. The van der Waals surface area contributed by atoms with Crippen LogP contribution in [0.25, 0.3) is 10.9 Å². The molecular formula is C20H20F3N5O2. The van der Waals surface area contributed by atoms with Crippen molar-refractivity contribution < 1.29 is 22.7 Å². The van der Waals surface area contributed by atoms with Gasteiger partial charge in [-0.15, -0.1) is 0 Å². The Morgan fingerprint density at radius 3 is 2.70 bits per heavy atom. The molecule has 1 aliphatic carbocycles. The third-order valence-corrected chi connectivity index (χ3v) is 5.24. The van der Waals surface area contributed by atoms with Crippen LogP contribution in [-0.4, -0.2) is 38.9 Å². The number of aromatic nitrogens is 4. The summed E-state index contributed by atoms with van der Waals surface area (Å²) < 4.78 is 43.6. The van der Waals surface area contributed by atoms with Crippen LogP contribution < -0.4 is 10.1 Å². The highest BCUT2D eigenvalue weighted by Gasteiger charge is 2.47. The van der Waals surface area contributed by atoms with E-state index in [1.54, 1.807) is 23.9 Å². The van der Waals surface area contributed by atoms with Crippen LogP contribution in [0.1, 0.15) is 35.4 Å². The molecule has 0 saturated heterocycles. The third kappa shape index (κ3) is 3.81. The monoisotopic (exact) mass is 419 g/mol. The van der Waals surface area contributed by atoms with Gasteiger partial charge in [-0.2, -0.15) is 18.3 Å². The van der Waals surface area contributed by atoms with Crippen molar-refractivity contribution in [1.29, 1.82) is 0 Å². The Balaban J connectivity index is 1.61. The molecule has 0 atom stereocenters. The molecule has 4 rings (SSSR count). The molecule has 30 heavy (non-hydrogen) atoms. The molecule has 7 nitrogen and oxygen atoms in total. The number of ether oxygens (including phenoxy) is 1. The number of nitrogens with one attached hydrogen (secondary N) is 1. The summed E-state index contributed by atoms with van der Waals surface area (Å²) in [5.74, 6) is -0.0412. The van der Waals surface area contributed by atoms with E-state index < -0.39 is 18.3 Å². The molecule has 3 aromatic heterocycles. The lowest BCUT2D eigenvalue weighted by Crippen LogP contribution is -2.28. The fraction of sp³-hybridized carbons (Fsp3) is 0.400. The fourth-order valence-electron chi connectivity index (χ4n) is 3.61. The van der Waals surface area contributed by atoms with Crippen LogP contribution in [0.3, 0.4) is 0 Å². The molecular weight excluding hydrogens is 399 g/mol. The summed E-state index contributed by atoms with van der Waals surface area (Å²) in [6.45, 7) is 2.59. The third-order valence-electron chi connectivity index (χ3n) is 5.24. The van der Waals surface area contributed by atoms with E-state index in [-0.39, 0.29) is 5.88 Å². The average molecular weight is 419 g/mol. The van der Waals surface area contributed by atoms with Crippen LogP contribution in [0.4, 0.5) is 13.2 Å². The summed E-state index contributed by atoms with van der Waals surface area (Å²) in [6, 6.07) is 3.55. The second-order valence-corrected chi connectivity index (χ2v) is 7.51. The van der Waals surface area contributed by atoms with Crippen LogP contribution >= 0.6 is 0 Å². The minimum atomic E-state index is -4.41. The normalized spacial score (nSPS) is 15.2. The number of nitrogens with zero attached hydrogens (tertiary/aromatic N) is 4. The van der Waals surface area contributed by atoms with Crippen LogP contribution in [-0.2, 0) is 16.9 Å². The lowest BCUT2D eigenvalue weighted by atomic mass is 10.1. The zero-order valence-electron chi connectivity index (χ0n) is 16.5. The first-order valence-corrected chi connectivity index (χ1v) is 9.41. The van der Waals surface area contributed by atoms with Gasteiger partial charge in [0.25, 0.3) is 0 Å². The van der Waals surface area contributed by atoms with Gasteiger partial charge in [0.15, 0.2) is 6.61 Å². The quantitative estimate of drug-likeness (QED) is 0.595. The van der Waals surface area contributed by atoms with E-state index in [1.807, 2.05) is 13.0 Å². The van der Waals surface area contributed by atoms with E-state index in [0.29, 0.717) is 18.5 Å². The van der Waals surface area contributed by atoms with Crippen molar-refractivity contribution in [3.8, 4) is 5.88 Å². The van der Waals surface area contributed by atoms with Crippen molar-refractivity contribution in [3.05, 3.63) is 47.0 Å². The van der Waals surface area contributed by atoms with E-state index in [4.69, 9.17) is 4.74 Å². The van der Waals surface area contributed by atoms with Gasteiger partial charge in [0.05, 0.1) is 23.3 Å². The molecule has 1 aliphatic rings. The number of carbonyl (C=O) groups excluding carboxylic acids is 1. The summed E-state index contributed by atoms with van der Waals surface area (Å²) >= 11 is 0. The number of carbonyl (C=O) groups is 1. The second-order valence-electron chi connectivity index (χ2n) is 7.51. The smallest absolute Gasteiger partial charge is 0.422 e. The largest absolute Gasteiger partial charge is 0.468 e. The van der Waals surface area contributed by atoms with E-state index >= 15 is 0 Å². The Labute approximate surface area is 170 Å². The van der Waals surface area contributed by atoms with E-state index in [0.717, 1.165) is 40.7 Å². The summed E-state index contributed by atoms with van der Waals surface area (Å²) in [6.07, 6.45) is 1.10. The standard InChI is InChI=1S/C20H20F3N5O2/c1-12-7-14(8-25-18(12)30-10-20(21,22)23)9-28-13(2)16-15(27-28)3-6-24-17(16)19(4-5-19)26-11-29/h3,6-8,11H,4-5,9-10H2,1-2H3,(H,26,29). The van der Waals surface area contributed by atoms with Crippen molar-refractivity contribution in [2.75, 3.05) is 6.61 Å². The maximum atomic E-state index is 12.4. The first-order chi connectivity index (χ1) is 14.2. The molecule has 0 aromatic carbocycles. The SMILES string of the molecule is Cc1cc(Cn2nc3ccnc(C4(NC=O)CC4)c3c2C)cnc1OCC(F)(F)F. The highest BCUT2D eigenvalue weighted by Crippen LogP contribution is 2.47. The molecule has 1 N–H and O–H groups in total. The topological polar surface area (TPSA) is 81.9 Å². The van der Waals surface area contributed by atoms with Gasteiger partial charge in [-0.25, -0.2) is 4.98 Å². The average Bonchev–Trinajstić information content (AvgIpc) is 3.39. The second kappa shape index (κ2) is 7.26. The van der Waals surface area contributed by atoms with Crippen molar-refractivity contribution >= 4 is 17.3 Å². The Kier molecular flexibility index (Phi) is 4.87. The van der Waals surface area contributed by atoms with E-state index in [2.05, 4.69) is 20.4 Å². The molecule has 1 fully saturated rings. The summed E-state index contributed by atoms with van der Waals surface area (Å²) in [5, 5.41) is 8.42. The summed E-state index contributed by atoms with van der Waals surface area (Å²) in [5.41, 5.74) is 3.33. The van der Waals surface area contributed by atoms with Gasteiger partial charge >= 0.3 is 6.18 Å². The molecule has 3 aromatic rings. The van der Waals surface area contributed by atoms with Crippen molar-refractivity contribution in [2.24, 2.45) is 0 Å². The number of pyridine rings is 2. The molecule has 3 heterocycles. The predicted molar refractivity (Wildman–Crippen MR) is 102 cm³/mol. The Hall–Kier alpha value is -3.17. The molecule has 0 aliphatic heterocycles. The van der Waals surface area contributed by atoms with Crippen LogP contribution in [0.2, 0.25) is 0 Å². The van der Waals surface area contributed by atoms with Crippen LogP contribution in [0.15, 0.2) is 24.5 Å². The fourth-order valence-corrected chi connectivity index (χ4v) is 3.61. The van der Waals surface area contributed by atoms with Gasteiger partial charge in [-0.1, -0.05) is 0 Å². The van der Waals surface area contributed by atoms with Gasteiger partial charge in [0, 0.05) is 29.0 Å². The van der Waals surface area contributed by atoms with Crippen LogP contribution in [0.5, 0.6) is 5.88 Å². The zero-order chi connectivity index (χ0) is 21.5. The Bertz CT molecular complexity index is 1110. The molecule has 10 heteroatoms. The van der Waals surface area contributed by atoms with Gasteiger partial charge < -0.3 is 10.1 Å². The number of rotatable bonds is 7. The molecule has 1 amide bonds. The number of halogens is 3. The summed E-state index contributed by atoms with van der Waals surface area (Å²) in [7, 11) is 0. The van der Waals surface area contributed by atoms with Gasteiger partial charge in [-0.05, 0) is 44.4 Å². The molecule has 0 unspecified atom stereocenters. The Morgan fingerprint density at radius 1 is 1.30 bits per heavy atom. The van der Waals surface area contributed by atoms with Gasteiger partial charge in [0.1, 0.15) is 0 Å². The number of fused-ring (bicyclic) bond motifs is 1. The molecule has 1 saturated carbocycles.